The van der Waals surface area contributed by atoms with Gasteiger partial charge in [-0.2, -0.15) is 0 Å². The van der Waals surface area contributed by atoms with E-state index in [0.29, 0.717) is 23.6 Å². The summed E-state index contributed by atoms with van der Waals surface area (Å²) in [6.45, 7) is 7.55. The quantitative estimate of drug-likeness (QED) is 0.0368. The minimum atomic E-state index is -0.566. The van der Waals surface area contributed by atoms with Gasteiger partial charge in [-0.25, -0.2) is 9.59 Å². The van der Waals surface area contributed by atoms with Crippen molar-refractivity contribution < 1.29 is 24.1 Å². The van der Waals surface area contributed by atoms with Gasteiger partial charge in [0.25, 0.3) is 5.69 Å². The van der Waals surface area contributed by atoms with Crippen molar-refractivity contribution in [2.75, 3.05) is 12.4 Å². The molecule has 1 aromatic heterocycles. The molecule has 0 aliphatic rings. The van der Waals surface area contributed by atoms with E-state index in [0.717, 1.165) is 38.3 Å². The maximum atomic E-state index is 11.7. The van der Waals surface area contributed by atoms with Gasteiger partial charge in [0.15, 0.2) is 0 Å². The van der Waals surface area contributed by atoms with Crippen LogP contribution in [0.4, 0.5) is 5.69 Å². The average Bonchev–Trinajstić information content (AvgIpc) is 3.23. The van der Waals surface area contributed by atoms with Gasteiger partial charge in [0.2, 0.25) is 0 Å². The van der Waals surface area contributed by atoms with Crippen molar-refractivity contribution >= 4 is 56.9 Å². The van der Waals surface area contributed by atoms with Gasteiger partial charge >= 0.3 is 11.9 Å². The van der Waals surface area contributed by atoms with Crippen LogP contribution in [0.5, 0.6) is 0 Å². The summed E-state index contributed by atoms with van der Waals surface area (Å²) in [5.41, 5.74) is 3.63. The highest BCUT2D eigenvalue weighted by Gasteiger charge is 2.18. The molecule has 0 saturated carbocycles. The Morgan fingerprint density at radius 1 is 1.11 bits per heavy atom. The zero-order chi connectivity index (χ0) is 27.2. The van der Waals surface area contributed by atoms with Crippen molar-refractivity contribution in [3.8, 4) is 0 Å². The molecule has 0 fully saturated rings. The number of carbonyl (C=O) groups excluding carboxylic acids is 2. The van der Waals surface area contributed by atoms with Crippen LogP contribution in [0.1, 0.15) is 25.0 Å². The average molecular weight is 532 g/mol. The van der Waals surface area contributed by atoms with E-state index in [1.165, 1.54) is 24.8 Å². The van der Waals surface area contributed by atoms with Gasteiger partial charge in [-0.15, -0.1) is 11.8 Å². The highest BCUT2D eigenvalue weighted by Crippen LogP contribution is 2.34. The Balaban J connectivity index is 1.82. The van der Waals surface area contributed by atoms with Crippen LogP contribution in [-0.4, -0.2) is 39.5 Å². The number of rotatable bonds is 10. The van der Waals surface area contributed by atoms with Crippen LogP contribution in [0.2, 0.25) is 0 Å². The molecule has 10 heteroatoms. The van der Waals surface area contributed by atoms with E-state index in [4.69, 9.17) is 9.57 Å². The molecule has 0 unspecified atom stereocenters. The number of thioether (sulfide) groups is 1. The third-order valence-electron chi connectivity index (χ3n) is 5.81. The SMILES string of the molecule is C=CC(=O)OCCSc1ccccc1/C(=N\OC(C)=O)c1ccc2c(c1)c1cc([N+](=O)[O-])ccc1n2CC. The molecule has 0 amide bonds. The second-order valence-corrected chi connectivity index (χ2v) is 9.31. The third-order valence-corrected chi connectivity index (χ3v) is 6.85. The van der Waals surface area contributed by atoms with Gasteiger partial charge in [-0.1, -0.05) is 36.0 Å². The van der Waals surface area contributed by atoms with Gasteiger partial charge in [-0.05, 0) is 31.2 Å². The van der Waals surface area contributed by atoms with Crippen LogP contribution in [0.25, 0.3) is 21.8 Å². The molecule has 0 atom stereocenters. The Morgan fingerprint density at radius 2 is 1.82 bits per heavy atom. The number of esters is 1. The van der Waals surface area contributed by atoms with E-state index in [2.05, 4.69) is 16.3 Å². The first-order valence-corrected chi connectivity index (χ1v) is 12.8. The number of benzene rings is 3. The van der Waals surface area contributed by atoms with E-state index in [1.54, 1.807) is 12.1 Å². The Bertz CT molecular complexity index is 1590. The Hall–Kier alpha value is -4.44. The topological polar surface area (TPSA) is 113 Å². The van der Waals surface area contributed by atoms with Crippen LogP contribution in [0, 0.1) is 10.1 Å². The summed E-state index contributed by atoms with van der Waals surface area (Å²) in [5.74, 6) is -0.566. The largest absolute Gasteiger partial charge is 0.462 e. The minimum Gasteiger partial charge on any atom is -0.462 e. The number of ether oxygens (including phenoxy) is 1. The second-order valence-electron chi connectivity index (χ2n) is 8.17. The Morgan fingerprint density at radius 3 is 2.50 bits per heavy atom. The molecule has 0 spiro atoms. The first-order chi connectivity index (χ1) is 18.3. The number of oxime groups is 1. The highest BCUT2D eigenvalue weighted by atomic mass is 32.2. The van der Waals surface area contributed by atoms with Crippen molar-refractivity contribution in [1.29, 1.82) is 0 Å². The lowest BCUT2D eigenvalue weighted by atomic mass is 10.00. The molecule has 38 heavy (non-hydrogen) atoms. The minimum absolute atomic E-state index is 0.00533. The zero-order valence-electron chi connectivity index (χ0n) is 20.9. The molecule has 0 aliphatic heterocycles. The van der Waals surface area contributed by atoms with Crippen molar-refractivity contribution in [2.24, 2.45) is 5.16 Å². The van der Waals surface area contributed by atoms with Gasteiger partial charge in [0.1, 0.15) is 12.3 Å². The van der Waals surface area contributed by atoms with E-state index < -0.39 is 16.9 Å². The highest BCUT2D eigenvalue weighted by molar-refractivity contribution is 7.99. The van der Waals surface area contributed by atoms with Crippen LogP contribution in [-0.2, 0) is 25.7 Å². The fourth-order valence-electron chi connectivity index (χ4n) is 4.20. The number of hydrogen-bond acceptors (Lipinski definition) is 8. The number of nitro benzene ring substituents is 1. The normalized spacial score (nSPS) is 11.5. The molecular weight excluding hydrogens is 506 g/mol. The maximum absolute atomic E-state index is 11.7. The van der Waals surface area contributed by atoms with Crippen molar-refractivity contribution in [3.63, 3.8) is 0 Å². The van der Waals surface area contributed by atoms with Crippen molar-refractivity contribution in [1.82, 2.24) is 4.57 Å². The van der Waals surface area contributed by atoms with Crippen molar-refractivity contribution in [2.45, 2.75) is 25.3 Å². The van der Waals surface area contributed by atoms with Gasteiger partial charge in [0, 0.05) is 75.3 Å². The smallest absolute Gasteiger partial charge is 0.332 e. The molecule has 4 rings (SSSR count). The molecule has 0 radical (unpaired) electrons. The molecule has 9 nitrogen and oxygen atoms in total. The number of hydrogen-bond donors (Lipinski definition) is 0. The fraction of sp³-hybridized carbons (Fsp3) is 0.179. The lowest BCUT2D eigenvalue weighted by Crippen LogP contribution is -2.09. The fourth-order valence-corrected chi connectivity index (χ4v) is 5.08. The van der Waals surface area contributed by atoms with E-state index in [9.17, 15) is 19.7 Å². The number of fused-ring (bicyclic) bond motifs is 3. The lowest BCUT2D eigenvalue weighted by molar-refractivity contribution is -0.384. The van der Waals surface area contributed by atoms with Crippen LogP contribution in [0.15, 0.2) is 83.4 Å². The predicted octanol–water partition coefficient (Wildman–Crippen LogP) is 5.86. The number of nitro groups is 1. The first-order valence-electron chi connectivity index (χ1n) is 11.8. The van der Waals surface area contributed by atoms with Crippen LogP contribution < -0.4 is 0 Å². The monoisotopic (exact) mass is 531 g/mol. The van der Waals surface area contributed by atoms with E-state index in [1.807, 2.05) is 49.4 Å². The summed E-state index contributed by atoms with van der Waals surface area (Å²) in [6.07, 6.45) is 1.11. The molecule has 0 saturated heterocycles. The summed E-state index contributed by atoms with van der Waals surface area (Å²) in [6, 6.07) is 18.1. The Labute approximate surface area is 222 Å². The number of carbonyl (C=O) groups is 2. The number of aryl methyl sites for hydroxylation is 1. The van der Waals surface area contributed by atoms with Crippen LogP contribution >= 0.6 is 11.8 Å². The molecule has 1 heterocycles. The Kier molecular flexibility index (Phi) is 8.22. The standard InChI is InChI=1S/C28H25N3O6S/c1-4-27(33)36-14-15-38-26-9-7-6-8-21(26)28(29-37-18(3)32)19-10-12-24-22(16-19)23-17-20(31(34)35)11-13-25(23)30(24)5-2/h4,6-13,16-17H,1,5,14-15H2,2-3H3/b29-28-. The summed E-state index contributed by atoms with van der Waals surface area (Å²) >= 11 is 1.46. The van der Waals surface area contributed by atoms with E-state index >= 15 is 0 Å². The van der Waals surface area contributed by atoms with Crippen molar-refractivity contribution in [3.05, 3.63) is 94.6 Å². The predicted molar refractivity (Wildman–Crippen MR) is 147 cm³/mol. The summed E-state index contributed by atoms with van der Waals surface area (Å²) in [4.78, 5) is 40.0. The molecule has 194 valence electrons. The second kappa shape index (κ2) is 11.7. The number of aromatic nitrogens is 1. The van der Waals surface area contributed by atoms with Gasteiger partial charge in [0.05, 0.1) is 4.92 Å². The number of nitrogens with zero attached hydrogens (tertiary/aromatic N) is 3. The number of non-ortho nitro benzene ring substituents is 1. The van der Waals surface area contributed by atoms with Gasteiger partial charge < -0.3 is 14.1 Å². The molecule has 3 aromatic carbocycles. The van der Waals surface area contributed by atoms with Gasteiger partial charge in [-0.3, -0.25) is 10.1 Å². The zero-order valence-corrected chi connectivity index (χ0v) is 21.7. The molecule has 0 N–H and O–H groups in total. The summed E-state index contributed by atoms with van der Waals surface area (Å²) in [5, 5.41) is 17.2. The summed E-state index contributed by atoms with van der Waals surface area (Å²) < 4.78 is 7.17. The molecule has 0 aliphatic carbocycles. The third kappa shape index (κ3) is 5.60. The van der Waals surface area contributed by atoms with E-state index in [-0.39, 0.29) is 12.3 Å². The molecule has 0 bridgehead atoms. The van der Waals surface area contributed by atoms with Crippen LogP contribution in [0.3, 0.4) is 0 Å². The maximum Gasteiger partial charge on any atom is 0.332 e. The lowest BCUT2D eigenvalue weighted by Gasteiger charge is -2.12. The first kappa shape index (κ1) is 26.6. The summed E-state index contributed by atoms with van der Waals surface area (Å²) in [7, 11) is 0. The molecule has 4 aromatic rings. The molecular formula is C28H25N3O6S.